The third-order valence-electron chi connectivity index (χ3n) is 3.87. The zero-order chi connectivity index (χ0) is 18.0. The Balaban J connectivity index is 1.69. The van der Waals surface area contributed by atoms with Crippen molar-refractivity contribution in [3.05, 3.63) is 66.0 Å². The summed E-state index contributed by atoms with van der Waals surface area (Å²) in [5.74, 6) is -0.384. The van der Waals surface area contributed by atoms with Crippen molar-refractivity contribution in [2.75, 3.05) is 7.05 Å². The number of halogens is 1. The second-order valence-corrected chi connectivity index (χ2v) is 6.23. The highest BCUT2D eigenvalue weighted by Crippen LogP contribution is 2.13. The standard InChI is InChI=1S/C18H20FN5O/c1-13(2)23-12-15(9-21-23)18(25)22(3)10-14-8-20-24(11-14)17-6-4-16(19)5-7-17/h4-9,11-13H,10H2,1-3H3. The summed E-state index contributed by atoms with van der Waals surface area (Å²) in [5.41, 5.74) is 2.21. The number of hydrogen-bond acceptors (Lipinski definition) is 3. The van der Waals surface area contributed by atoms with Crippen LogP contribution in [0, 0.1) is 5.82 Å². The molecule has 1 amide bonds. The fraction of sp³-hybridized carbons (Fsp3) is 0.278. The third kappa shape index (κ3) is 3.76. The van der Waals surface area contributed by atoms with Gasteiger partial charge in [0, 0.05) is 37.6 Å². The number of amides is 1. The molecule has 7 heteroatoms. The summed E-state index contributed by atoms with van der Waals surface area (Å²) >= 11 is 0. The van der Waals surface area contributed by atoms with Crippen LogP contribution in [-0.2, 0) is 6.54 Å². The molecular formula is C18H20FN5O. The van der Waals surface area contributed by atoms with E-state index in [-0.39, 0.29) is 17.8 Å². The number of rotatable bonds is 5. The summed E-state index contributed by atoms with van der Waals surface area (Å²) in [7, 11) is 1.74. The number of benzene rings is 1. The Kier molecular flexibility index (Phi) is 4.65. The fourth-order valence-corrected chi connectivity index (χ4v) is 2.47. The molecule has 0 aliphatic rings. The lowest BCUT2D eigenvalue weighted by Gasteiger charge is -2.15. The van der Waals surface area contributed by atoms with Gasteiger partial charge >= 0.3 is 0 Å². The van der Waals surface area contributed by atoms with Gasteiger partial charge in [0.2, 0.25) is 0 Å². The van der Waals surface area contributed by atoms with E-state index in [0.29, 0.717) is 12.1 Å². The van der Waals surface area contributed by atoms with Gasteiger partial charge in [-0.3, -0.25) is 9.48 Å². The minimum atomic E-state index is -0.289. The lowest BCUT2D eigenvalue weighted by molar-refractivity contribution is 0.0785. The number of hydrogen-bond donors (Lipinski definition) is 0. The zero-order valence-corrected chi connectivity index (χ0v) is 14.4. The largest absolute Gasteiger partial charge is 0.337 e. The molecule has 3 aromatic rings. The number of carbonyl (C=O) groups excluding carboxylic acids is 1. The number of nitrogens with zero attached hydrogens (tertiary/aromatic N) is 5. The van der Waals surface area contributed by atoms with Crippen LogP contribution in [0.2, 0.25) is 0 Å². The van der Waals surface area contributed by atoms with Crippen molar-refractivity contribution in [2.45, 2.75) is 26.4 Å². The van der Waals surface area contributed by atoms with E-state index in [9.17, 15) is 9.18 Å². The first kappa shape index (κ1) is 16.9. The molecule has 1 aromatic carbocycles. The Labute approximate surface area is 145 Å². The van der Waals surface area contributed by atoms with Crippen molar-refractivity contribution in [3.63, 3.8) is 0 Å². The maximum absolute atomic E-state index is 13.0. The van der Waals surface area contributed by atoms with Gasteiger partial charge in [-0.15, -0.1) is 0 Å². The van der Waals surface area contributed by atoms with Crippen LogP contribution in [0.5, 0.6) is 0 Å². The van der Waals surface area contributed by atoms with Crippen molar-refractivity contribution in [1.82, 2.24) is 24.5 Å². The van der Waals surface area contributed by atoms with E-state index >= 15 is 0 Å². The van der Waals surface area contributed by atoms with E-state index in [2.05, 4.69) is 10.2 Å². The smallest absolute Gasteiger partial charge is 0.257 e. The van der Waals surface area contributed by atoms with E-state index in [1.165, 1.54) is 12.1 Å². The predicted octanol–water partition coefficient (Wildman–Crippen LogP) is 3.06. The molecule has 0 saturated carbocycles. The average molecular weight is 341 g/mol. The Morgan fingerprint density at radius 1 is 1.16 bits per heavy atom. The molecule has 0 fully saturated rings. The van der Waals surface area contributed by atoms with Crippen LogP contribution in [0.15, 0.2) is 49.1 Å². The first-order valence-electron chi connectivity index (χ1n) is 8.03. The number of aromatic nitrogens is 4. The van der Waals surface area contributed by atoms with Crippen LogP contribution in [-0.4, -0.2) is 37.4 Å². The van der Waals surface area contributed by atoms with Gasteiger partial charge in [0.05, 0.1) is 23.6 Å². The molecule has 0 aliphatic carbocycles. The molecule has 3 rings (SSSR count). The zero-order valence-electron chi connectivity index (χ0n) is 14.4. The summed E-state index contributed by atoms with van der Waals surface area (Å²) in [5, 5.41) is 8.47. The molecule has 130 valence electrons. The van der Waals surface area contributed by atoms with E-state index in [1.807, 2.05) is 20.0 Å². The van der Waals surface area contributed by atoms with Crippen LogP contribution in [0.1, 0.15) is 35.8 Å². The first-order valence-corrected chi connectivity index (χ1v) is 8.03. The third-order valence-corrected chi connectivity index (χ3v) is 3.87. The van der Waals surface area contributed by atoms with Crippen molar-refractivity contribution < 1.29 is 9.18 Å². The fourth-order valence-electron chi connectivity index (χ4n) is 2.47. The van der Waals surface area contributed by atoms with E-state index in [0.717, 1.165) is 11.3 Å². The molecule has 0 unspecified atom stereocenters. The lowest BCUT2D eigenvalue weighted by atomic mass is 10.2. The lowest BCUT2D eigenvalue weighted by Crippen LogP contribution is -2.25. The Hall–Kier alpha value is -2.96. The van der Waals surface area contributed by atoms with Crippen molar-refractivity contribution in [3.8, 4) is 5.69 Å². The summed E-state index contributed by atoms with van der Waals surface area (Å²) in [6.07, 6.45) is 6.87. The maximum atomic E-state index is 13.0. The predicted molar refractivity (Wildman–Crippen MR) is 91.9 cm³/mol. The molecule has 0 saturated heterocycles. The quantitative estimate of drug-likeness (QED) is 0.717. The Morgan fingerprint density at radius 3 is 2.52 bits per heavy atom. The van der Waals surface area contributed by atoms with Crippen molar-refractivity contribution in [2.24, 2.45) is 0 Å². The summed E-state index contributed by atoms with van der Waals surface area (Å²) < 4.78 is 16.4. The normalized spacial score (nSPS) is 11.1. The number of carbonyl (C=O) groups is 1. The van der Waals surface area contributed by atoms with Gasteiger partial charge in [-0.1, -0.05) is 0 Å². The van der Waals surface area contributed by atoms with Gasteiger partial charge in [-0.05, 0) is 38.1 Å². The topological polar surface area (TPSA) is 56.0 Å². The van der Waals surface area contributed by atoms with Gasteiger partial charge in [-0.2, -0.15) is 10.2 Å². The molecule has 2 heterocycles. The van der Waals surface area contributed by atoms with Crippen LogP contribution >= 0.6 is 0 Å². The summed E-state index contributed by atoms with van der Waals surface area (Å²) in [6.45, 7) is 4.44. The minimum absolute atomic E-state index is 0.0959. The molecule has 0 aliphatic heterocycles. The van der Waals surface area contributed by atoms with E-state index in [4.69, 9.17) is 0 Å². The monoisotopic (exact) mass is 341 g/mol. The molecule has 25 heavy (non-hydrogen) atoms. The van der Waals surface area contributed by atoms with E-state index < -0.39 is 0 Å². The van der Waals surface area contributed by atoms with Gasteiger partial charge in [0.15, 0.2) is 0 Å². The van der Waals surface area contributed by atoms with Crippen molar-refractivity contribution >= 4 is 5.91 Å². The van der Waals surface area contributed by atoms with E-state index in [1.54, 1.807) is 52.0 Å². The molecule has 6 nitrogen and oxygen atoms in total. The van der Waals surface area contributed by atoms with Gasteiger partial charge in [-0.25, -0.2) is 9.07 Å². The molecule has 2 aromatic heterocycles. The average Bonchev–Trinajstić information content (AvgIpc) is 3.24. The van der Waals surface area contributed by atoms with Crippen LogP contribution in [0.25, 0.3) is 5.69 Å². The molecule has 0 spiro atoms. The highest BCUT2D eigenvalue weighted by atomic mass is 19.1. The van der Waals surface area contributed by atoms with Gasteiger partial charge in [0.1, 0.15) is 5.82 Å². The minimum Gasteiger partial charge on any atom is -0.337 e. The Morgan fingerprint density at radius 2 is 1.88 bits per heavy atom. The first-order chi connectivity index (χ1) is 11.9. The van der Waals surface area contributed by atoms with Crippen LogP contribution in [0.4, 0.5) is 4.39 Å². The summed E-state index contributed by atoms with van der Waals surface area (Å²) in [6, 6.07) is 6.29. The van der Waals surface area contributed by atoms with Gasteiger partial charge in [0.25, 0.3) is 5.91 Å². The molecule has 0 bridgehead atoms. The van der Waals surface area contributed by atoms with Gasteiger partial charge < -0.3 is 4.90 Å². The maximum Gasteiger partial charge on any atom is 0.257 e. The summed E-state index contributed by atoms with van der Waals surface area (Å²) in [4.78, 5) is 14.1. The molecule has 0 radical (unpaired) electrons. The highest BCUT2D eigenvalue weighted by molar-refractivity contribution is 5.93. The molecule has 0 N–H and O–H groups in total. The van der Waals surface area contributed by atoms with Crippen LogP contribution in [0.3, 0.4) is 0 Å². The SMILES string of the molecule is CC(C)n1cc(C(=O)N(C)Cc2cnn(-c3ccc(F)cc3)c2)cn1. The molecule has 0 atom stereocenters. The second-order valence-electron chi connectivity index (χ2n) is 6.23. The second kappa shape index (κ2) is 6.88. The van der Waals surface area contributed by atoms with Crippen molar-refractivity contribution in [1.29, 1.82) is 0 Å². The molecular weight excluding hydrogens is 321 g/mol. The Bertz CT molecular complexity index is 866. The highest BCUT2D eigenvalue weighted by Gasteiger charge is 2.15. The van der Waals surface area contributed by atoms with Crippen LogP contribution < -0.4 is 0 Å².